The summed E-state index contributed by atoms with van der Waals surface area (Å²) in [4.78, 5) is 13.9. The second-order valence-corrected chi connectivity index (χ2v) is 5.00. The van der Waals surface area contributed by atoms with Crippen LogP contribution in [0.5, 0.6) is 0 Å². The van der Waals surface area contributed by atoms with Crippen molar-refractivity contribution in [1.82, 2.24) is 4.98 Å². The van der Waals surface area contributed by atoms with Crippen molar-refractivity contribution in [2.24, 2.45) is 0 Å². The van der Waals surface area contributed by atoms with E-state index in [9.17, 15) is 4.79 Å². The van der Waals surface area contributed by atoms with Crippen LogP contribution in [0.25, 0.3) is 11.1 Å². The molecule has 2 rings (SSSR count). The number of halogens is 3. The number of nitrogens with zero attached hydrogens (tertiary/aromatic N) is 1. The van der Waals surface area contributed by atoms with Gasteiger partial charge in [-0.3, -0.25) is 4.79 Å². The molecular formula is C13H7Cl3N2O. The van der Waals surface area contributed by atoms with Crippen LogP contribution in [0.1, 0.15) is 5.69 Å². The Morgan fingerprint density at radius 1 is 1.16 bits per heavy atom. The number of nitriles is 1. The Hall–Kier alpha value is -1.47. The molecule has 0 saturated heterocycles. The zero-order valence-corrected chi connectivity index (χ0v) is 11.8. The predicted octanol–water partition coefficient (Wildman–Crippen LogP) is 4.07. The first-order chi connectivity index (χ1) is 9.02. The minimum atomic E-state index is -0.264. The molecular weight excluding hydrogens is 307 g/mol. The molecule has 96 valence electrons. The number of H-pyrrole nitrogens is 1. The first-order valence-corrected chi connectivity index (χ1v) is 6.40. The lowest BCUT2D eigenvalue weighted by molar-refractivity contribution is 1.08. The van der Waals surface area contributed by atoms with Crippen molar-refractivity contribution in [2.75, 3.05) is 0 Å². The molecule has 2 aromatic rings. The van der Waals surface area contributed by atoms with Gasteiger partial charge in [0.25, 0.3) is 0 Å². The summed E-state index contributed by atoms with van der Waals surface area (Å²) in [6.45, 7) is 0. The summed E-state index contributed by atoms with van der Waals surface area (Å²) in [6.07, 6.45) is 0.0866. The molecule has 0 atom stereocenters. The molecule has 0 radical (unpaired) electrons. The molecule has 0 unspecified atom stereocenters. The van der Waals surface area contributed by atoms with E-state index in [-0.39, 0.29) is 17.0 Å². The van der Waals surface area contributed by atoms with Crippen molar-refractivity contribution in [1.29, 1.82) is 5.26 Å². The van der Waals surface area contributed by atoms with Crippen molar-refractivity contribution >= 4 is 34.8 Å². The van der Waals surface area contributed by atoms with E-state index in [0.717, 1.165) is 0 Å². The summed E-state index contributed by atoms with van der Waals surface area (Å²) in [5, 5.41) is 9.70. The van der Waals surface area contributed by atoms with Crippen LogP contribution in [-0.4, -0.2) is 4.98 Å². The molecule has 19 heavy (non-hydrogen) atoms. The van der Waals surface area contributed by atoms with Crippen LogP contribution in [0.2, 0.25) is 15.1 Å². The molecule has 0 saturated carbocycles. The molecule has 0 fully saturated rings. The lowest BCUT2D eigenvalue weighted by atomic mass is 10.0. The van der Waals surface area contributed by atoms with Gasteiger partial charge in [-0.25, -0.2) is 0 Å². The van der Waals surface area contributed by atoms with E-state index in [1.165, 1.54) is 6.07 Å². The van der Waals surface area contributed by atoms with Crippen LogP contribution in [0.3, 0.4) is 0 Å². The Balaban J connectivity index is 2.65. The zero-order chi connectivity index (χ0) is 14.0. The van der Waals surface area contributed by atoms with Gasteiger partial charge in [0.1, 0.15) is 0 Å². The Labute approximate surface area is 124 Å². The summed E-state index contributed by atoms with van der Waals surface area (Å²) in [7, 11) is 0. The van der Waals surface area contributed by atoms with Gasteiger partial charge in [-0.2, -0.15) is 5.26 Å². The summed E-state index contributed by atoms with van der Waals surface area (Å²) < 4.78 is 0. The van der Waals surface area contributed by atoms with E-state index in [1.807, 2.05) is 6.07 Å². The highest BCUT2D eigenvalue weighted by Crippen LogP contribution is 2.35. The Bertz CT molecular complexity index is 708. The quantitative estimate of drug-likeness (QED) is 0.850. The second kappa shape index (κ2) is 5.66. The molecule has 0 aliphatic heterocycles. The standard InChI is InChI=1S/C13H7Cl3N2O/c14-9-5-7(6-10(15)13(9)16)8-1-2-12(19)18-11(8)3-4-17/h1-2,5-6H,3H2,(H,18,19). The molecule has 1 N–H and O–H groups in total. The van der Waals surface area contributed by atoms with Gasteiger partial charge in [-0.1, -0.05) is 34.8 Å². The summed E-state index contributed by atoms with van der Waals surface area (Å²) in [5.74, 6) is 0. The van der Waals surface area contributed by atoms with Gasteiger partial charge in [0.05, 0.1) is 27.6 Å². The van der Waals surface area contributed by atoms with Crippen LogP contribution in [0, 0.1) is 11.3 Å². The highest BCUT2D eigenvalue weighted by Gasteiger charge is 2.11. The molecule has 0 aliphatic carbocycles. The third kappa shape index (κ3) is 2.93. The van der Waals surface area contributed by atoms with E-state index in [1.54, 1.807) is 18.2 Å². The molecule has 1 aromatic heterocycles. The number of pyridine rings is 1. The van der Waals surface area contributed by atoms with E-state index in [0.29, 0.717) is 26.9 Å². The fraction of sp³-hybridized carbons (Fsp3) is 0.0769. The average Bonchev–Trinajstić information content (AvgIpc) is 2.36. The van der Waals surface area contributed by atoms with Gasteiger partial charge in [-0.15, -0.1) is 0 Å². The Morgan fingerprint density at radius 2 is 1.79 bits per heavy atom. The molecule has 1 aromatic carbocycles. The fourth-order valence-corrected chi connectivity index (χ4v) is 2.31. The van der Waals surface area contributed by atoms with Crippen molar-refractivity contribution in [3.8, 4) is 17.2 Å². The van der Waals surface area contributed by atoms with Crippen molar-refractivity contribution in [3.63, 3.8) is 0 Å². The topological polar surface area (TPSA) is 56.6 Å². The number of hydrogen-bond acceptors (Lipinski definition) is 2. The third-order valence-electron chi connectivity index (χ3n) is 2.55. The van der Waals surface area contributed by atoms with E-state index < -0.39 is 0 Å². The number of aromatic nitrogens is 1. The minimum Gasteiger partial charge on any atom is -0.325 e. The Morgan fingerprint density at radius 3 is 2.37 bits per heavy atom. The molecule has 3 nitrogen and oxygen atoms in total. The van der Waals surface area contributed by atoms with Gasteiger partial charge in [-0.05, 0) is 23.8 Å². The average molecular weight is 314 g/mol. The van der Waals surface area contributed by atoms with Gasteiger partial charge >= 0.3 is 0 Å². The van der Waals surface area contributed by atoms with E-state index in [4.69, 9.17) is 40.1 Å². The largest absolute Gasteiger partial charge is 0.325 e. The molecule has 1 heterocycles. The lowest BCUT2D eigenvalue weighted by Gasteiger charge is -2.09. The summed E-state index contributed by atoms with van der Waals surface area (Å²) in [6, 6.07) is 8.29. The van der Waals surface area contributed by atoms with Gasteiger partial charge in [0.15, 0.2) is 0 Å². The minimum absolute atomic E-state index is 0.0866. The predicted molar refractivity (Wildman–Crippen MR) is 76.8 cm³/mol. The number of benzene rings is 1. The number of hydrogen-bond donors (Lipinski definition) is 1. The first-order valence-electron chi connectivity index (χ1n) is 5.27. The highest BCUT2D eigenvalue weighted by molar-refractivity contribution is 6.48. The smallest absolute Gasteiger partial charge is 0.248 e. The van der Waals surface area contributed by atoms with Crippen molar-refractivity contribution in [3.05, 3.63) is 55.4 Å². The molecule has 0 amide bonds. The van der Waals surface area contributed by atoms with Crippen LogP contribution in [0.15, 0.2) is 29.1 Å². The maximum atomic E-state index is 11.3. The molecule has 0 aliphatic rings. The van der Waals surface area contributed by atoms with Crippen molar-refractivity contribution in [2.45, 2.75) is 6.42 Å². The summed E-state index contributed by atoms with van der Waals surface area (Å²) >= 11 is 17.8. The maximum absolute atomic E-state index is 11.3. The van der Waals surface area contributed by atoms with Crippen LogP contribution < -0.4 is 5.56 Å². The van der Waals surface area contributed by atoms with E-state index >= 15 is 0 Å². The van der Waals surface area contributed by atoms with E-state index in [2.05, 4.69) is 4.98 Å². The first kappa shape index (κ1) is 14.0. The number of rotatable bonds is 2. The SMILES string of the molecule is N#CCc1[nH]c(=O)ccc1-c1cc(Cl)c(Cl)c(Cl)c1. The molecule has 0 spiro atoms. The number of nitrogens with one attached hydrogen (secondary N) is 1. The maximum Gasteiger partial charge on any atom is 0.248 e. The highest BCUT2D eigenvalue weighted by atomic mass is 35.5. The van der Waals surface area contributed by atoms with Crippen LogP contribution in [0.4, 0.5) is 0 Å². The second-order valence-electron chi connectivity index (χ2n) is 3.80. The molecule has 0 bridgehead atoms. The monoisotopic (exact) mass is 312 g/mol. The normalized spacial score (nSPS) is 10.2. The van der Waals surface area contributed by atoms with Gasteiger partial charge in [0, 0.05) is 17.3 Å². The fourth-order valence-electron chi connectivity index (χ4n) is 1.72. The third-order valence-corrected chi connectivity index (χ3v) is 3.75. The van der Waals surface area contributed by atoms with Crippen LogP contribution >= 0.6 is 34.8 Å². The number of aromatic amines is 1. The summed E-state index contributed by atoms with van der Waals surface area (Å²) in [5.41, 5.74) is 1.65. The van der Waals surface area contributed by atoms with Gasteiger partial charge in [0.2, 0.25) is 5.56 Å². The lowest BCUT2D eigenvalue weighted by Crippen LogP contribution is -2.08. The van der Waals surface area contributed by atoms with Crippen LogP contribution in [-0.2, 0) is 6.42 Å². The van der Waals surface area contributed by atoms with Gasteiger partial charge < -0.3 is 4.98 Å². The zero-order valence-electron chi connectivity index (χ0n) is 9.51. The van der Waals surface area contributed by atoms with Crippen molar-refractivity contribution < 1.29 is 0 Å². The Kier molecular flexibility index (Phi) is 4.16. The molecule has 6 heteroatoms.